The number of aliphatic hydroxyl groups excluding tert-OH is 10. The summed E-state index contributed by atoms with van der Waals surface area (Å²) in [6.07, 6.45) is 11.9. The first-order valence-electron chi connectivity index (χ1n) is 36.7. The number of carbonyl (C=O) groups excluding carboxylic acids is 3. The Kier molecular flexibility index (Phi) is 47.8. The van der Waals surface area contributed by atoms with E-state index in [2.05, 4.69) is 20.8 Å². The van der Waals surface area contributed by atoms with Crippen LogP contribution in [-0.4, -0.2) is 204 Å². The smallest absolute Gasteiger partial charge is 0.463 e. The minimum atomic E-state index is -5.72. The van der Waals surface area contributed by atoms with Gasteiger partial charge in [0.15, 0.2) is 18.7 Å². The Morgan fingerprint density at radius 1 is 0.432 bits per heavy atom. The number of aliphatic hydroxyl groups is 10. The summed E-state index contributed by atoms with van der Waals surface area (Å²) in [5, 5.41) is 110. The van der Waals surface area contributed by atoms with Crippen molar-refractivity contribution < 1.29 is 117 Å². The van der Waals surface area contributed by atoms with Gasteiger partial charge in [0.2, 0.25) is 0 Å². The third-order valence-corrected chi connectivity index (χ3v) is 19.1. The number of esters is 3. The Labute approximate surface area is 566 Å². The molecule has 3 aliphatic rings. The summed E-state index contributed by atoms with van der Waals surface area (Å²) in [5.41, 5.74) is 0. The molecule has 0 aromatic rings. The van der Waals surface area contributed by atoms with E-state index < -0.39 is 156 Å². The van der Waals surface area contributed by atoms with Crippen molar-refractivity contribution in [3.8, 4) is 0 Å². The Hall–Kier alpha value is -2.56. The Morgan fingerprint density at radius 3 is 1.22 bits per heavy atom. The fourth-order valence-electron chi connectivity index (χ4n) is 12.1. The van der Waals surface area contributed by atoms with Crippen LogP contribution in [0, 0.1) is 0 Å². The molecule has 2 aliphatic heterocycles. The second-order valence-corrected chi connectivity index (χ2v) is 27.8. The van der Waals surface area contributed by atoms with Gasteiger partial charge in [-0.2, -0.15) is 0 Å². The molecule has 0 amide bonds. The summed E-state index contributed by atoms with van der Waals surface area (Å²) in [5.74, 6) is -2.24. The lowest BCUT2D eigenvalue weighted by Gasteiger charge is -2.49. The van der Waals surface area contributed by atoms with Gasteiger partial charge in [-0.3, -0.25) is 18.6 Å². The molecular weight excluding hydrogens is 1260 g/mol. The largest absolute Gasteiger partial charge is 0.472 e. The zero-order valence-corrected chi connectivity index (χ0v) is 58.6. The van der Waals surface area contributed by atoms with Gasteiger partial charge in [0, 0.05) is 18.9 Å². The van der Waals surface area contributed by atoms with E-state index in [-0.39, 0.29) is 12.8 Å². The number of hydrogen-bond donors (Lipinski definition) is 11. The van der Waals surface area contributed by atoms with Crippen LogP contribution in [0.5, 0.6) is 0 Å². The fraction of sp³-hybridized carbons (Fsp3) is 0.900. The molecule has 18 atom stereocenters. The quantitative estimate of drug-likeness (QED) is 0.00674. The standard InChI is InChI=1S/C70H127O24P/c1-4-7-10-13-16-19-22-24-26-28-31-34-37-40-43-46-56(74)89-51(48-86-54(72)44-41-38-35-33-30-27-25-23-20-17-14-11-8-5-2)49-88-95(84,85)94-68-66(92-69-64(82)59(77)57(75)52(47-71)90-69)62(80)61(79)63(81)67(68)93-70-65(83)60(78)58(76)53(91-70)50-87-55(73)45-42-39-36-32-29-21-18-15-12-9-6-3/h37,40,43,46,51-53,57-71,75-83H,4-36,38-39,41-42,44-45,47-50H2,1-3H3,(H,84,85)/b40-37+,46-43+. The lowest BCUT2D eigenvalue weighted by Crippen LogP contribution is -2.69. The molecule has 25 heteroatoms. The molecule has 3 fully saturated rings. The van der Waals surface area contributed by atoms with E-state index in [4.69, 9.17) is 42.2 Å². The van der Waals surface area contributed by atoms with E-state index in [9.17, 15) is 74.9 Å². The van der Waals surface area contributed by atoms with E-state index in [0.29, 0.717) is 12.8 Å². The highest BCUT2D eigenvalue weighted by molar-refractivity contribution is 7.47. The number of hydrogen-bond acceptors (Lipinski definition) is 23. The molecule has 3 rings (SSSR count). The van der Waals surface area contributed by atoms with Gasteiger partial charge in [-0.1, -0.05) is 251 Å². The van der Waals surface area contributed by atoms with Gasteiger partial charge in [0.1, 0.15) is 98.7 Å². The van der Waals surface area contributed by atoms with E-state index in [1.54, 1.807) is 6.08 Å². The van der Waals surface area contributed by atoms with Crippen molar-refractivity contribution in [3.05, 3.63) is 24.3 Å². The zero-order valence-electron chi connectivity index (χ0n) is 57.7. The molecular formula is C70H127O24P. The highest BCUT2D eigenvalue weighted by Crippen LogP contribution is 2.49. The summed E-state index contributed by atoms with van der Waals surface area (Å²) < 4.78 is 64.7. The monoisotopic (exact) mass is 1380 g/mol. The lowest BCUT2D eigenvalue weighted by molar-refractivity contribution is -0.360. The van der Waals surface area contributed by atoms with Crippen molar-refractivity contribution in [2.24, 2.45) is 0 Å². The summed E-state index contributed by atoms with van der Waals surface area (Å²) in [7, 11) is -5.72. The molecule has 0 bridgehead atoms. The highest BCUT2D eigenvalue weighted by atomic mass is 31.2. The molecule has 2 saturated heterocycles. The van der Waals surface area contributed by atoms with Gasteiger partial charge in [-0.05, 0) is 25.7 Å². The van der Waals surface area contributed by atoms with Crippen LogP contribution in [0.1, 0.15) is 271 Å². The Balaban J connectivity index is 1.77. The molecule has 0 aromatic carbocycles. The average Bonchev–Trinajstić information content (AvgIpc) is 0.764. The molecule has 1 aliphatic carbocycles. The molecule has 556 valence electrons. The fourth-order valence-corrected chi connectivity index (χ4v) is 13.0. The zero-order chi connectivity index (χ0) is 69.6. The molecule has 24 nitrogen and oxygen atoms in total. The topological polar surface area (TPSA) is 374 Å². The molecule has 95 heavy (non-hydrogen) atoms. The summed E-state index contributed by atoms with van der Waals surface area (Å²) in [6, 6.07) is 0. The van der Waals surface area contributed by atoms with Crippen LogP contribution in [0.25, 0.3) is 0 Å². The summed E-state index contributed by atoms with van der Waals surface area (Å²) >= 11 is 0. The first kappa shape index (κ1) is 86.7. The van der Waals surface area contributed by atoms with Crippen LogP contribution in [-0.2, 0) is 61.2 Å². The normalized spacial score (nSPS) is 28.2. The molecule has 0 spiro atoms. The minimum Gasteiger partial charge on any atom is -0.463 e. The highest BCUT2D eigenvalue weighted by Gasteiger charge is 2.58. The molecule has 11 N–H and O–H groups in total. The second-order valence-electron chi connectivity index (χ2n) is 26.4. The first-order valence-corrected chi connectivity index (χ1v) is 38.2. The number of phosphoric acid groups is 1. The van der Waals surface area contributed by atoms with Gasteiger partial charge >= 0.3 is 25.7 Å². The van der Waals surface area contributed by atoms with Crippen molar-refractivity contribution >= 4 is 25.7 Å². The van der Waals surface area contributed by atoms with Crippen LogP contribution in [0.2, 0.25) is 0 Å². The second kappa shape index (κ2) is 52.4. The molecule has 1 saturated carbocycles. The van der Waals surface area contributed by atoms with Crippen molar-refractivity contribution in [3.63, 3.8) is 0 Å². The van der Waals surface area contributed by atoms with Gasteiger partial charge in [0.25, 0.3) is 0 Å². The predicted octanol–water partition coefficient (Wildman–Crippen LogP) is 9.35. The van der Waals surface area contributed by atoms with E-state index in [1.807, 2.05) is 6.08 Å². The van der Waals surface area contributed by atoms with Crippen molar-refractivity contribution in [2.45, 2.75) is 375 Å². The molecule has 0 radical (unpaired) electrons. The molecule has 18 unspecified atom stereocenters. The predicted molar refractivity (Wildman–Crippen MR) is 356 cm³/mol. The van der Waals surface area contributed by atoms with Crippen molar-refractivity contribution in [1.29, 1.82) is 0 Å². The van der Waals surface area contributed by atoms with E-state index in [0.717, 1.165) is 96.0 Å². The van der Waals surface area contributed by atoms with Gasteiger partial charge in [0.05, 0.1) is 13.2 Å². The maximum absolute atomic E-state index is 14.3. The van der Waals surface area contributed by atoms with E-state index >= 15 is 0 Å². The van der Waals surface area contributed by atoms with Gasteiger partial charge in [-0.15, -0.1) is 0 Å². The third kappa shape index (κ3) is 36.1. The van der Waals surface area contributed by atoms with Crippen LogP contribution >= 0.6 is 7.82 Å². The number of allylic oxidation sites excluding steroid dienone is 3. The van der Waals surface area contributed by atoms with Crippen LogP contribution in [0.15, 0.2) is 24.3 Å². The number of carbonyl (C=O) groups is 3. The van der Waals surface area contributed by atoms with Crippen LogP contribution < -0.4 is 0 Å². The van der Waals surface area contributed by atoms with Crippen LogP contribution in [0.3, 0.4) is 0 Å². The Morgan fingerprint density at radius 2 is 0.800 bits per heavy atom. The first-order chi connectivity index (χ1) is 45.8. The number of rotatable bonds is 56. The van der Waals surface area contributed by atoms with Crippen LogP contribution in [0.4, 0.5) is 0 Å². The van der Waals surface area contributed by atoms with Gasteiger partial charge in [-0.25, -0.2) is 9.36 Å². The Bertz CT molecular complexity index is 2070. The van der Waals surface area contributed by atoms with E-state index in [1.165, 1.54) is 141 Å². The van der Waals surface area contributed by atoms with Crippen molar-refractivity contribution in [1.82, 2.24) is 0 Å². The third-order valence-electron chi connectivity index (χ3n) is 18.1. The van der Waals surface area contributed by atoms with Gasteiger partial charge < -0.3 is 89.1 Å². The van der Waals surface area contributed by atoms with Crippen molar-refractivity contribution in [2.75, 3.05) is 26.4 Å². The average molecular weight is 1380 g/mol. The lowest BCUT2D eigenvalue weighted by atomic mass is 9.84. The summed E-state index contributed by atoms with van der Waals surface area (Å²) in [4.78, 5) is 50.8. The maximum atomic E-state index is 14.3. The number of unbranched alkanes of at least 4 members (excludes halogenated alkanes) is 34. The maximum Gasteiger partial charge on any atom is 0.472 e. The summed E-state index contributed by atoms with van der Waals surface area (Å²) in [6.45, 7) is 3.32. The molecule has 2 heterocycles. The SMILES string of the molecule is CCCCCCCCCCCCC/C=C/C=C/C(=O)OC(COC(=O)CCCCCCCCCCCCCCCC)COP(=O)(O)OC1C(OC2OC(CO)C(O)C(O)C2O)C(O)C(O)C(O)C1OC1OC(COC(=O)CCCCCCCCCCCCC)C(O)C(O)C1O. The number of phosphoric ester groups is 1. The minimum absolute atomic E-state index is 0.0274. The number of ether oxygens (including phenoxy) is 7. The molecule has 0 aromatic heterocycles.